The molecule has 1 atom stereocenters. The number of hydrogen-bond acceptors (Lipinski definition) is 3. The van der Waals surface area contributed by atoms with Crippen molar-refractivity contribution in [3.05, 3.63) is 18.0 Å². The number of nitrogens with one attached hydrogen (secondary N) is 1. The second kappa shape index (κ2) is 5.65. The molecular weight excluding hydrogens is 204 g/mol. The van der Waals surface area contributed by atoms with Crippen molar-refractivity contribution in [2.24, 2.45) is 18.7 Å². The SMILES string of the molecule is CC(C)[C@@H](N)C(=O)NCCc1ccnn1C. The van der Waals surface area contributed by atoms with Crippen LogP contribution in [-0.4, -0.2) is 28.3 Å². The predicted molar refractivity (Wildman–Crippen MR) is 62.7 cm³/mol. The average Bonchev–Trinajstić information content (AvgIpc) is 2.63. The molecule has 0 aliphatic carbocycles. The van der Waals surface area contributed by atoms with Crippen LogP contribution in [0.25, 0.3) is 0 Å². The number of amides is 1. The van der Waals surface area contributed by atoms with Crippen LogP contribution in [0.15, 0.2) is 12.3 Å². The van der Waals surface area contributed by atoms with E-state index in [1.165, 1.54) is 0 Å². The number of carbonyl (C=O) groups is 1. The van der Waals surface area contributed by atoms with Crippen molar-refractivity contribution in [2.75, 3.05) is 6.54 Å². The molecule has 0 spiro atoms. The van der Waals surface area contributed by atoms with Crippen molar-refractivity contribution in [3.8, 4) is 0 Å². The smallest absolute Gasteiger partial charge is 0.237 e. The number of carbonyl (C=O) groups excluding carboxylic acids is 1. The second-order valence-corrected chi connectivity index (χ2v) is 4.26. The lowest BCUT2D eigenvalue weighted by atomic mass is 10.1. The number of hydrogen-bond donors (Lipinski definition) is 2. The van der Waals surface area contributed by atoms with Gasteiger partial charge in [-0.15, -0.1) is 0 Å². The van der Waals surface area contributed by atoms with Gasteiger partial charge in [0.15, 0.2) is 0 Å². The lowest BCUT2D eigenvalue weighted by Crippen LogP contribution is -2.44. The van der Waals surface area contributed by atoms with Gasteiger partial charge in [-0.2, -0.15) is 5.10 Å². The molecule has 0 bridgehead atoms. The molecule has 1 amide bonds. The van der Waals surface area contributed by atoms with Gasteiger partial charge in [-0.3, -0.25) is 9.48 Å². The molecule has 5 heteroatoms. The second-order valence-electron chi connectivity index (χ2n) is 4.26. The summed E-state index contributed by atoms with van der Waals surface area (Å²) >= 11 is 0. The van der Waals surface area contributed by atoms with Crippen LogP contribution in [-0.2, 0) is 18.3 Å². The van der Waals surface area contributed by atoms with Crippen LogP contribution in [0, 0.1) is 5.92 Å². The summed E-state index contributed by atoms with van der Waals surface area (Å²) in [5, 5.41) is 6.88. The van der Waals surface area contributed by atoms with Crippen molar-refractivity contribution in [1.82, 2.24) is 15.1 Å². The lowest BCUT2D eigenvalue weighted by molar-refractivity contribution is -0.123. The van der Waals surface area contributed by atoms with Crippen LogP contribution < -0.4 is 11.1 Å². The molecule has 0 unspecified atom stereocenters. The van der Waals surface area contributed by atoms with Gasteiger partial charge in [0.25, 0.3) is 0 Å². The van der Waals surface area contributed by atoms with Gasteiger partial charge in [0.05, 0.1) is 6.04 Å². The summed E-state index contributed by atoms with van der Waals surface area (Å²) in [7, 11) is 1.89. The van der Waals surface area contributed by atoms with Gasteiger partial charge in [0, 0.05) is 31.9 Å². The quantitative estimate of drug-likeness (QED) is 0.743. The maximum Gasteiger partial charge on any atom is 0.237 e. The Labute approximate surface area is 96.0 Å². The molecule has 1 heterocycles. The van der Waals surface area contributed by atoms with E-state index in [0.717, 1.165) is 12.1 Å². The van der Waals surface area contributed by atoms with Crippen LogP contribution >= 0.6 is 0 Å². The van der Waals surface area contributed by atoms with E-state index in [0.29, 0.717) is 6.54 Å². The molecule has 0 saturated carbocycles. The fraction of sp³-hybridized carbons (Fsp3) is 0.636. The van der Waals surface area contributed by atoms with Crippen LogP contribution in [0.4, 0.5) is 0 Å². The van der Waals surface area contributed by atoms with Crippen molar-refractivity contribution in [1.29, 1.82) is 0 Å². The van der Waals surface area contributed by atoms with E-state index in [4.69, 9.17) is 5.73 Å². The standard InChI is InChI=1S/C11H20N4O/c1-8(2)10(12)11(16)13-6-4-9-5-7-14-15(9)3/h5,7-8,10H,4,6,12H2,1-3H3,(H,13,16)/t10-/m1/s1. The first kappa shape index (κ1) is 12.7. The Hall–Kier alpha value is -1.36. The highest BCUT2D eigenvalue weighted by molar-refractivity contribution is 5.81. The Kier molecular flexibility index (Phi) is 4.49. The number of aryl methyl sites for hydroxylation is 1. The summed E-state index contributed by atoms with van der Waals surface area (Å²) in [6.07, 6.45) is 2.52. The Morgan fingerprint density at radius 3 is 2.81 bits per heavy atom. The first-order valence-corrected chi connectivity index (χ1v) is 5.52. The summed E-state index contributed by atoms with van der Waals surface area (Å²) < 4.78 is 1.80. The molecule has 0 aliphatic rings. The molecule has 0 fully saturated rings. The third kappa shape index (κ3) is 3.34. The van der Waals surface area contributed by atoms with Crippen molar-refractivity contribution < 1.29 is 4.79 Å². The van der Waals surface area contributed by atoms with Crippen LogP contribution in [0.1, 0.15) is 19.5 Å². The van der Waals surface area contributed by atoms with E-state index in [1.807, 2.05) is 27.0 Å². The Balaban J connectivity index is 2.31. The molecule has 5 nitrogen and oxygen atoms in total. The third-order valence-electron chi connectivity index (χ3n) is 2.62. The monoisotopic (exact) mass is 224 g/mol. The summed E-state index contributed by atoms with van der Waals surface area (Å²) in [5.41, 5.74) is 6.82. The molecule has 1 aromatic rings. The maximum absolute atomic E-state index is 11.5. The van der Waals surface area contributed by atoms with Crippen molar-refractivity contribution in [2.45, 2.75) is 26.3 Å². The van der Waals surface area contributed by atoms with E-state index in [9.17, 15) is 4.79 Å². The zero-order valence-electron chi connectivity index (χ0n) is 10.1. The fourth-order valence-electron chi connectivity index (χ4n) is 1.38. The molecule has 0 aromatic carbocycles. The fourth-order valence-corrected chi connectivity index (χ4v) is 1.38. The summed E-state index contributed by atoms with van der Waals surface area (Å²) in [6.45, 7) is 4.47. The molecule has 1 aromatic heterocycles. The number of nitrogens with zero attached hydrogens (tertiary/aromatic N) is 2. The molecule has 0 radical (unpaired) electrons. The normalized spacial score (nSPS) is 12.8. The molecule has 0 saturated heterocycles. The summed E-state index contributed by atoms with van der Waals surface area (Å²) in [4.78, 5) is 11.5. The molecular formula is C11H20N4O. The number of nitrogens with two attached hydrogens (primary N) is 1. The topological polar surface area (TPSA) is 72.9 Å². The minimum Gasteiger partial charge on any atom is -0.354 e. The van der Waals surface area contributed by atoms with Gasteiger partial charge < -0.3 is 11.1 Å². The number of rotatable bonds is 5. The highest BCUT2D eigenvalue weighted by Gasteiger charge is 2.16. The van der Waals surface area contributed by atoms with E-state index >= 15 is 0 Å². The largest absolute Gasteiger partial charge is 0.354 e. The van der Waals surface area contributed by atoms with Gasteiger partial charge >= 0.3 is 0 Å². The van der Waals surface area contributed by atoms with Gasteiger partial charge in [-0.1, -0.05) is 13.8 Å². The van der Waals surface area contributed by atoms with Gasteiger partial charge in [-0.25, -0.2) is 0 Å². The van der Waals surface area contributed by atoms with Crippen molar-refractivity contribution in [3.63, 3.8) is 0 Å². The van der Waals surface area contributed by atoms with E-state index in [2.05, 4.69) is 10.4 Å². The molecule has 16 heavy (non-hydrogen) atoms. The first-order chi connectivity index (χ1) is 7.52. The zero-order chi connectivity index (χ0) is 12.1. The Bertz CT molecular complexity index is 346. The average molecular weight is 224 g/mol. The minimum atomic E-state index is -0.425. The summed E-state index contributed by atoms with van der Waals surface area (Å²) in [5.74, 6) is 0.0777. The highest BCUT2D eigenvalue weighted by atomic mass is 16.2. The van der Waals surface area contributed by atoms with Gasteiger partial charge in [0.1, 0.15) is 0 Å². The Morgan fingerprint density at radius 1 is 1.62 bits per heavy atom. The van der Waals surface area contributed by atoms with E-state index in [-0.39, 0.29) is 11.8 Å². The third-order valence-corrected chi connectivity index (χ3v) is 2.62. The predicted octanol–water partition coefficient (Wildman–Crippen LogP) is 0.0621. The van der Waals surface area contributed by atoms with Crippen LogP contribution in [0.3, 0.4) is 0 Å². The zero-order valence-corrected chi connectivity index (χ0v) is 10.1. The molecule has 3 N–H and O–H groups in total. The lowest BCUT2D eigenvalue weighted by Gasteiger charge is -2.15. The van der Waals surface area contributed by atoms with E-state index < -0.39 is 6.04 Å². The van der Waals surface area contributed by atoms with E-state index in [1.54, 1.807) is 10.9 Å². The highest BCUT2D eigenvalue weighted by Crippen LogP contribution is 1.99. The molecule has 1 rings (SSSR count). The van der Waals surface area contributed by atoms with Crippen LogP contribution in [0.5, 0.6) is 0 Å². The Morgan fingerprint density at radius 2 is 2.31 bits per heavy atom. The first-order valence-electron chi connectivity index (χ1n) is 5.52. The molecule has 0 aliphatic heterocycles. The van der Waals surface area contributed by atoms with Gasteiger partial charge in [-0.05, 0) is 12.0 Å². The van der Waals surface area contributed by atoms with Crippen molar-refractivity contribution >= 4 is 5.91 Å². The summed E-state index contributed by atoms with van der Waals surface area (Å²) in [6, 6.07) is 1.51. The minimum absolute atomic E-state index is 0.0860. The maximum atomic E-state index is 11.5. The number of aromatic nitrogens is 2. The van der Waals surface area contributed by atoms with Crippen LogP contribution in [0.2, 0.25) is 0 Å². The molecule has 90 valence electrons. The van der Waals surface area contributed by atoms with Gasteiger partial charge in [0.2, 0.25) is 5.91 Å².